The molecule has 2 saturated carbocycles. The first-order valence-corrected chi connectivity index (χ1v) is 22.6. The van der Waals surface area contributed by atoms with Crippen LogP contribution in [0.5, 0.6) is 5.75 Å². The molecule has 1 N–H and O–H groups in total. The van der Waals surface area contributed by atoms with Crippen molar-refractivity contribution in [1.82, 2.24) is 0 Å². The van der Waals surface area contributed by atoms with Gasteiger partial charge in [-0.05, 0) is 105 Å². The number of hydrogen-bond donors (Lipinski definition) is 1. The van der Waals surface area contributed by atoms with Crippen molar-refractivity contribution >= 4 is 16.8 Å². The fourth-order valence-electron chi connectivity index (χ4n) is 10.1. The van der Waals surface area contributed by atoms with Crippen LogP contribution < -0.4 is 0 Å². The number of rotatable bonds is 24. The molecule has 304 valence electrons. The van der Waals surface area contributed by atoms with Gasteiger partial charge in [0.25, 0.3) is 0 Å². The summed E-state index contributed by atoms with van der Waals surface area (Å²) in [4.78, 5) is 13.0. The molecule has 3 aliphatic rings. The van der Waals surface area contributed by atoms with Crippen LogP contribution in [0.3, 0.4) is 0 Å². The number of benzene rings is 1. The van der Waals surface area contributed by atoms with E-state index in [2.05, 4.69) is 19.9 Å². The maximum Gasteiger partial charge on any atom is 0.453 e. The summed E-state index contributed by atoms with van der Waals surface area (Å²) in [5.74, 6) is -2.13. The van der Waals surface area contributed by atoms with Crippen molar-refractivity contribution in [2.45, 2.75) is 192 Å². The Hall–Kier alpha value is -1.71. The van der Waals surface area contributed by atoms with Gasteiger partial charge in [-0.15, -0.1) is 0 Å². The molecule has 53 heavy (non-hydrogen) atoms. The summed E-state index contributed by atoms with van der Waals surface area (Å²) in [6.45, 7) is 4.62. The SMILES string of the molecule is CCCCCCCCCCC(=O)OC1CCC2C3C(CCCCCCCCCS(=O)CCCC(F)(F)C(F)(F)F)Cc4cc(O)ccc4C3CCC12C. The summed E-state index contributed by atoms with van der Waals surface area (Å²) in [6.07, 6.45) is 16.2. The average molecular weight is 775 g/mol. The summed E-state index contributed by atoms with van der Waals surface area (Å²) in [5.41, 5.74) is 2.69. The smallest absolute Gasteiger partial charge is 0.453 e. The summed E-state index contributed by atoms with van der Waals surface area (Å²) in [5, 5.41) is 10.3. The van der Waals surface area contributed by atoms with Crippen LogP contribution in [0.25, 0.3) is 0 Å². The first-order valence-electron chi connectivity index (χ1n) is 21.1. The van der Waals surface area contributed by atoms with Crippen molar-refractivity contribution in [3.63, 3.8) is 0 Å². The number of aromatic hydroxyl groups is 1. The fourth-order valence-corrected chi connectivity index (χ4v) is 11.3. The van der Waals surface area contributed by atoms with Crippen LogP contribution in [0, 0.1) is 23.2 Å². The standard InChI is InChI=1S/C43H67F5O4S/c1-3-4-5-6-7-10-13-16-20-39(50)52-38-24-23-37-40-32(30-33-31-34(49)21-22-35(33)36(40)25-27-41(37,38)2)19-15-12-9-8-11-14-17-28-53(51)29-18-26-42(44,45)43(46,47)48/h21-22,31-32,36-38,40,49H,3-20,23-30H2,1-2H3. The lowest BCUT2D eigenvalue weighted by Gasteiger charge is -2.53. The quantitative estimate of drug-likeness (QED) is 0.0645. The van der Waals surface area contributed by atoms with E-state index < -0.39 is 35.7 Å². The molecule has 0 aliphatic heterocycles. The number of fused-ring (bicyclic) bond motifs is 5. The minimum atomic E-state index is -5.55. The second-order valence-corrected chi connectivity index (χ2v) is 18.6. The molecule has 7 atom stereocenters. The lowest BCUT2D eigenvalue weighted by Crippen LogP contribution is -2.48. The van der Waals surface area contributed by atoms with Crippen LogP contribution >= 0.6 is 0 Å². The summed E-state index contributed by atoms with van der Waals surface area (Å²) in [7, 11) is -1.37. The molecule has 7 unspecified atom stereocenters. The average Bonchev–Trinajstić information content (AvgIpc) is 3.43. The van der Waals surface area contributed by atoms with Crippen LogP contribution in [0.1, 0.15) is 179 Å². The Morgan fingerprint density at radius 2 is 1.47 bits per heavy atom. The van der Waals surface area contributed by atoms with Gasteiger partial charge in [0.15, 0.2) is 0 Å². The maximum absolute atomic E-state index is 13.1. The molecule has 0 saturated heterocycles. The van der Waals surface area contributed by atoms with Gasteiger partial charge in [-0.25, -0.2) is 0 Å². The van der Waals surface area contributed by atoms with Gasteiger partial charge in [0, 0.05) is 40.6 Å². The van der Waals surface area contributed by atoms with Crippen molar-refractivity contribution in [3.05, 3.63) is 29.3 Å². The number of carbonyl (C=O) groups is 1. The third-order valence-electron chi connectivity index (χ3n) is 13.0. The fraction of sp³-hybridized carbons (Fsp3) is 0.837. The summed E-state index contributed by atoms with van der Waals surface area (Å²) < 4.78 is 81.5. The van der Waals surface area contributed by atoms with E-state index in [0.29, 0.717) is 48.0 Å². The molecule has 4 rings (SSSR count). The van der Waals surface area contributed by atoms with Crippen molar-refractivity contribution in [2.24, 2.45) is 23.2 Å². The first-order chi connectivity index (χ1) is 25.3. The Morgan fingerprint density at radius 3 is 2.15 bits per heavy atom. The van der Waals surface area contributed by atoms with E-state index in [1.807, 2.05) is 12.1 Å². The second-order valence-electron chi connectivity index (χ2n) is 16.9. The number of alkyl halides is 5. The molecular formula is C43H67F5O4S. The molecule has 1 aromatic carbocycles. The molecule has 1 aromatic rings. The minimum absolute atomic E-state index is 0.000588. The van der Waals surface area contributed by atoms with Gasteiger partial charge < -0.3 is 9.84 Å². The monoisotopic (exact) mass is 774 g/mol. The van der Waals surface area contributed by atoms with Gasteiger partial charge in [0.1, 0.15) is 11.9 Å². The van der Waals surface area contributed by atoms with Crippen molar-refractivity contribution in [1.29, 1.82) is 0 Å². The largest absolute Gasteiger partial charge is 0.508 e. The molecule has 0 bridgehead atoms. The van der Waals surface area contributed by atoms with E-state index in [1.165, 1.54) is 49.7 Å². The molecular weight excluding hydrogens is 708 g/mol. The summed E-state index contributed by atoms with van der Waals surface area (Å²) in [6, 6.07) is 5.97. The number of unbranched alkanes of at least 4 members (excludes halogenated alkanes) is 13. The third-order valence-corrected chi connectivity index (χ3v) is 14.5. The van der Waals surface area contributed by atoms with Gasteiger partial charge in [0.05, 0.1) is 0 Å². The Balaban J connectivity index is 1.19. The highest BCUT2D eigenvalue weighted by molar-refractivity contribution is 7.84. The molecule has 4 nitrogen and oxygen atoms in total. The van der Waals surface area contributed by atoms with E-state index in [-0.39, 0.29) is 23.2 Å². The number of phenolic OH excluding ortho intramolecular Hbond substituents is 1. The number of phenols is 1. The predicted molar refractivity (Wildman–Crippen MR) is 204 cm³/mol. The number of esters is 1. The van der Waals surface area contributed by atoms with Crippen molar-refractivity contribution < 1.29 is 40.8 Å². The Morgan fingerprint density at radius 1 is 0.849 bits per heavy atom. The van der Waals surface area contributed by atoms with Crippen molar-refractivity contribution in [3.8, 4) is 5.75 Å². The zero-order valence-corrected chi connectivity index (χ0v) is 33.3. The Kier molecular flexibility index (Phi) is 17.4. The first kappa shape index (κ1) is 44.0. The van der Waals surface area contributed by atoms with Gasteiger partial charge in [-0.1, -0.05) is 103 Å². The van der Waals surface area contributed by atoms with Gasteiger partial charge in [0.2, 0.25) is 0 Å². The topological polar surface area (TPSA) is 63.6 Å². The number of halogens is 5. The van der Waals surface area contributed by atoms with E-state index >= 15 is 0 Å². The lowest BCUT2D eigenvalue weighted by atomic mass is 9.52. The van der Waals surface area contributed by atoms with E-state index in [0.717, 1.165) is 89.9 Å². The molecule has 0 radical (unpaired) electrons. The maximum atomic E-state index is 13.1. The van der Waals surface area contributed by atoms with Crippen LogP contribution in [0.15, 0.2) is 18.2 Å². The minimum Gasteiger partial charge on any atom is -0.508 e. The normalized spacial score (nSPS) is 26.1. The Labute approximate surface area is 318 Å². The number of carbonyl (C=O) groups excluding carboxylic acids is 1. The highest BCUT2D eigenvalue weighted by atomic mass is 32.2. The van der Waals surface area contributed by atoms with Gasteiger partial charge in [-0.3, -0.25) is 9.00 Å². The molecule has 3 aliphatic carbocycles. The van der Waals surface area contributed by atoms with E-state index in [4.69, 9.17) is 4.74 Å². The summed E-state index contributed by atoms with van der Waals surface area (Å²) >= 11 is 0. The highest BCUT2D eigenvalue weighted by Gasteiger charge is 2.58. The molecule has 0 spiro atoms. The van der Waals surface area contributed by atoms with Gasteiger partial charge in [-0.2, -0.15) is 22.0 Å². The van der Waals surface area contributed by atoms with Crippen LogP contribution in [-0.2, 0) is 26.8 Å². The second kappa shape index (κ2) is 21.0. The van der Waals surface area contributed by atoms with Crippen LogP contribution in [0.4, 0.5) is 22.0 Å². The zero-order chi connectivity index (χ0) is 38.5. The lowest BCUT2D eigenvalue weighted by molar-refractivity contribution is -0.284. The predicted octanol–water partition coefficient (Wildman–Crippen LogP) is 12.8. The van der Waals surface area contributed by atoms with Crippen LogP contribution in [0.2, 0.25) is 0 Å². The van der Waals surface area contributed by atoms with Crippen molar-refractivity contribution in [2.75, 3.05) is 11.5 Å². The molecule has 2 fully saturated rings. The van der Waals surface area contributed by atoms with Gasteiger partial charge >= 0.3 is 18.1 Å². The molecule has 0 heterocycles. The Bertz CT molecular complexity index is 1290. The molecule has 0 amide bonds. The number of hydrogen-bond acceptors (Lipinski definition) is 4. The van der Waals surface area contributed by atoms with E-state index in [1.54, 1.807) is 0 Å². The number of ether oxygens (including phenoxy) is 1. The highest BCUT2D eigenvalue weighted by Crippen LogP contribution is 2.63. The van der Waals surface area contributed by atoms with E-state index in [9.17, 15) is 36.1 Å². The zero-order valence-electron chi connectivity index (χ0n) is 32.5. The molecule has 10 heteroatoms. The third kappa shape index (κ3) is 12.6. The van der Waals surface area contributed by atoms with Crippen LogP contribution in [-0.4, -0.2) is 45.0 Å². The molecule has 0 aromatic heterocycles.